The molecular formula is C10H18N4O. The summed E-state index contributed by atoms with van der Waals surface area (Å²) in [5.74, 6) is 0.650. The van der Waals surface area contributed by atoms with Crippen LogP contribution in [0.3, 0.4) is 0 Å². The van der Waals surface area contributed by atoms with E-state index in [1.54, 1.807) is 0 Å². The summed E-state index contributed by atoms with van der Waals surface area (Å²) < 4.78 is 5.54. The van der Waals surface area contributed by atoms with Gasteiger partial charge in [0.15, 0.2) is 0 Å². The summed E-state index contributed by atoms with van der Waals surface area (Å²) in [6.07, 6.45) is 5.10. The molecule has 1 aromatic rings. The summed E-state index contributed by atoms with van der Waals surface area (Å²) in [6.45, 7) is 0.630. The zero-order valence-electron chi connectivity index (χ0n) is 9.36. The molecule has 0 amide bonds. The highest BCUT2D eigenvalue weighted by atomic mass is 16.4. The van der Waals surface area contributed by atoms with Crippen LogP contribution in [0.2, 0.25) is 0 Å². The molecule has 0 aliphatic heterocycles. The zero-order valence-corrected chi connectivity index (χ0v) is 9.36. The van der Waals surface area contributed by atoms with Gasteiger partial charge in [0.05, 0.1) is 6.54 Å². The van der Waals surface area contributed by atoms with Crippen LogP contribution in [0, 0.1) is 0 Å². The number of hydrogen-bond donors (Lipinski definition) is 1. The van der Waals surface area contributed by atoms with Gasteiger partial charge in [0.2, 0.25) is 5.89 Å². The number of aromatic nitrogens is 2. The van der Waals surface area contributed by atoms with Crippen molar-refractivity contribution in [3.63, 3.8) is 0 Å². The fourth-order valence-electron chi connectivity index (χ4n) is 2.06. The van der Waals surface area contributed by atoms with Crippen molar-refractivity contribution in [2.75, 3.05) is 19.0 Å². The SMILES string of the molecule is CNCc1nnc(N(C)C2CCCC2)o1. The first kappa shape index (κ1) is 10.4. The average Bonchev–Trinajstić information content (AvgIpc) is 2.87. The monoisotopic (exact) mass is 210 g/mol. The number of nitrogens with one attached hydrogen (secondary N) is 1. The van der Waals surface area contributed by atoms with Crippen LogP contribution >= 0.6 is 0 Å². The summed E-state index contributed by atoms with van der Waals surface area (Å²) in [5, 5.41) is 11.0. The van der Waals surface area contributed by atoms with Gasteiger partial charge in [-0.1, -0.05) is 17.9 Å². The number of hydrogen-bond acceptors (Lipinski definition) is 5. The van der Waals surface area contributed by atoms with Crippen molar-refractivity contribution in [3.05, 3.63) is 5.89 Å². The minimum Gasteiger partial charge on any atom is -0.407 e. The lowest BCUT2D eigenvalue weighted by atomic mass is 10.2. The highest BCUT2D eigenvalue weighted by Gasteiger charge is 2.23. The largest absolute Gasteiger partial charge is 0.407 e. The minimum atomic E-state index is 0.577. The number of rotatable bonds is 4. The molecule has 1 aliphatic carbocycles. The van der Waals surface area contributed by atoms with Crippen LogP contribution in [-0.4, -0.2) is 30.3 Å². The normalized spacial score (nSPS) is 17.2. The molecule has 1 saturated carbocycles. The predicted octanol–water partition coefficient (Wildman–Crippen LogP) is 1.17. The van der Waals surface area contributed by atoms with Crippen LogP contribution in [0.1, 0.15) is 31.6 Å². The van der Waals surface area contributed by atoms with Crippen molar-refractivity contribution in [1.82, 2.24) is 15.5 Å². The van der Waals surface area contributed by atoms with Gasteiger partial charge in [0.1, 0.15) is 0 Å². The van der Waals surface area contributed by atoms with E-state index >= 15 is 0 Å². The van der Waals surface area contributed by atoms with E-state index in [2.05, 4.69) is 20.4 Å². The maximum Gasteiger partial charge on any atom is 0.318 e. The van der Waals surface area contributed by atoms with Gasteiger partial charge in [-0.2, -0.15) is 0 Å². The molecule has 5 heteroatoms. The lowest BCUT2D eigenvalue weighted by Crippen LogP contribution is -2.28. The Labute approximate surface area is 89.9 Å². The van der Waals surface area contributed by atoms with E-state index in [1.165, 1.54) is 25.7 Å². The Morgan fingerprint density at radius 1 is 1.40 bits per heavy atom. The van der Waals surface area contributed by atoms with Gasteiger partial charge in [-0.3, -0.25) is 0 Å². The molecule has 0 bridgehead atoms. The Kier molecular flexibility index (Phi) is 3.20. The third-order valence-electron chi connectivity index (χ3n) is 2.96. The van der Waals surface area contributed by atoms with Crippen LogP contribution in [0.4, 0.5) is 6.01 Å². The molecule has 15 heavy (non-hydrogen) atoms. The molecule has 0 aromatic carbocycles. The minimum absolute atomic E-state index is 0.577. The molecular weight excluding hydrogens is 192 g/mol. The Hall–Kier alpha value is -1.10. The van der Waals surface area contributed by atoms with E-state index in [9.17, 15) is 0 Å². The van der Waals surface area contributed by atoms with Gasteiger partial charge < -0.3 is 14.6 Å². The van der Waals surface area contributed by atoms with Crippen LogP contribution in [0.5, 0.6) is 0 Å². The highest BCUT2D eigenvalue weighted by Crippen LogP contribution is 2.25. The summed E-state index contributed by atoms with van der Waals surface area (Å²) in [6, 6.07) is 1.22. The fraction of sp³-hybridized carbons (Fsp3) is 0.800. The second-order valence-electron chi connectivity index (χ2n) is 4.06. The summed E-state index contributed by atoms with van der Waals surface area (Å²) >= 11 is 0. The smallest absolute Gasteiger partial charge is 0.318 e. The van der Waals surface area contributed by atoms with E-state index in [-0.39, 0.29) is 0 Å². The molecule has 1 heterocycles. The molecule has 84 valence electrons. The summed E-state index contributed by atoms with van der Waals surface area (Å²) in [4.78, 5) is 2.11. The first-order valence-corrected chi connectivity index (χ1v) is 5.51. The van der Waals surface area contributed by atoms with E-state index < -0.39 is 0 Å². The van der Waals surface area contributed by atoms with Crippen molar-refractivity contribution in [1.29, 1.82) is 0 Å². The topological polar surface area (TPSA) is 54.2 Å². The first-order valence-electron chi connectivity index (χ1n) is 5.51. The second-order valence-corrected chi connectivity index (χ2v) is 4.06. The van der Waals surface area contributed by atoms with Gasteiger partial charge in [-0.05, 0) is 19.9 Å². The molecule has 1 fully saturated rings. The molecule has 0 radical (unpaired) electrons. The van der Waals surface area contributed by atoms with Gasteiger partial charge in [0.25, 0.3) is 0 Å². The van der Waals surface area contributed by atoms with E-state index in [1.807, 2.05) is 14.1 Å². The van der Waals surface area contributed by atoms with E-state index in [4.69, 9.17) is 4.42 Å². The summed E-state index contributed by atoms with van der Waals surface area (Å²) in [5.41, 5.74) is 0. The Bertz CT molecular complexity index is 306. The molecule has 1 N–H and O–H groups in total. The number of anilines is 1. The lowest BCUT2D eigenvalue weighted by molar-refractivity contribution is 0.461. The van der Waals surface area contributed by atoms with E-state index in [0.717, 1.165) is 0 Å². The van der Waals surface area contributed by atoms with Crippen molar-refractivity contribution in [2.45, 2.75) is 38.3 Å². The Balaban J connectivity index is 2.00. The van der Waals surface area contributed by atoms with Crippen LogP contribution in [-0.2, 0) is 6.54 Å². The molecule has 0 unspecified atom stereocenters. The van der Waals surface area contributed by atoms with Crippen molar-refractivity contribution >= 4 is 6.01 Å². The summed E-state index contributed by atoms with van der Waals surface area (Å²) in [7, 11) is 3.90. The molecule has 0 atom stereocenters. The molecule has 0 saturated heterocycles. The van der Waals surface area contributed by atoms with Crippen molar-refractivity contribution in [3.8, 4) is 0 Å². The lowest BCUT2D eigenvalue weighted by Gasteiger charge is -2.21. The average molecular weight is 210 g/mol. The van der Waals surface area contributed by atoms with Gasteiger partial charge in [-0.15, -0.1) is 5.10 Å². The molecule has 5 nitrogen and oxygen atoms in total. The first-order chi connectivity index (χ1) is 7.31. The quantitative estimate of drug-likeness (QED) is 0.808. The fourth-order valence-corrected chi connectivity index (χ4v) is 2.06. The molecule has 1 aliphatic rings. The second kappa shape index (κ2) is 4.61. The maximum absolute atomic E-state index is 5.54. The van der Waals surface area contributed by atoms with Gasteiger partial charge in [-0.25, -0.2) is 0 Å². The molecule has 2 rings (SSSR count). The predicted molar refractivity (Wildman–Crippen MR) is 57.7 cm³/mol. The Morgan fingerprint density at radius 3 is 2.80 bits per heavy atom. The number of nitrogens with zero attached hydrogens (tertiary/aromatic N) is 3. The third-order valence-corrected chi connectivity index (χ3v) is 2.96. The molecule has 1 aromatic heterocycles. The standard InChI is InChI=1S/C10H18N4O/c1-11-7-9-12-13-10(15-9)14(2)8-5-3-4-6-8/h8,11H,3-7H2,1-2H3. The molecule has 0 spiro atoms. The van der Waals surface area contributed by atoms with Crippen molar-refractivity contribution in [2.24, 2.45) is 0 Å². The maximum atomic E-state index is 5.54. The van der Waals surface area contributed by atoms with E-state index in [0.29, 0.717) is 24.5 Å². The van der Waals surface area contributed by atoms with Crippen LogP contribution in [0.15, 0.2) is 4.42 Å². The van der Waals surface area contributed by atoms with Crippen molar-refractivity contribution < 1.29 is 4.42 Å². The third kappa shape index (κ3) is 2.28. The van der Waals surface area contributed by atoms with Crippen LogP contribution < -0.4 is 10.2 Å². The Morgan fingerprint density at radius 2 is 2.13 bits per heavy atom. The van der Waals surface area contributed by atoms with Gasteiger partial charge in [0, 0.05) is 13.1 Å². The zero-order chi connectivity index (χ0) is 10.7. The highest BCUT2D eigenvalue weighted by molar-refractivity contribution is 5.24. The van der Waals surface area contributed by atoms with Gasteiger partial charge >= 0.3 is 6.01 Å². The van der Waals surface area contributed by atoms with Crippen LogP contribution in [0.25, 0.3) is 0 Å².